The van der Waals surface area contributed by atoms with E-state index in [2.05, 4.69) is 15.1 Å². The van der Waals surface area contributed by atoms with Crippen LogP contribution in [-0.4, -0.2) is 44.5 Å². The van der Waals surface area contributed by atoms with E-state index in [9.17, 15) is 9.59 Å². The van der Waals surface area contributed by atoms with Crippen LogP contribution in [0.15, 0.2) is 30.7 Å². The zero-order valence-electron chi connectivity index (χ0n) is 15.8. The molecule has 0 bridgehead atoms. The number of fused-ring (bicyclic) bond motifs is 1. The SMILES string of the molecule is COC(=O)c1cc2c(cnn2C(=O)OC(C)(C)C)cc1-c1cnc(C)nc1. The summed E-state index contributed by atoms with van der Waals surface area (Å²) in [5.74, 6) is 0.0848. The normalized spacial score (nSPS) is 11.4. The predicted molar refractivity (Wildman–Crippen MR) is 98.5 cm³/mol. The highest BCUT2D eigenvalue weighted by Crippen LogP contribution is 2.29. The summed E-state index contributed by atoms with van der Waals surface area (Å²) in [5, 5.41) is 4.78. The second kappa shape index (κ2) is 6.79. The van der Waals surface area contributed by atoms with Gasteiger partial charge in [0.25, 0.3) is 0 Å². The highest BCUT2D eigenvalue weighted by Gasteiger charge is 2.23. The van der Waals surface area contributed by atoms with Gasteiger partial charge in [-0.05, 0) is 39.8 Å². The van der Waals surface area contributed by atoms with Crippen LogP contribution in [0.5, 0.6) is 0 Å². The number of benzene rings is 1. The lowest BCUT2D eigenvalue weighted by molar-refractivity contribution is 0.0520. The van der Waals surface area contributed by atoms with Crippen molar-refractivity contribution in [3.05, 3.63) is 42.1 Å². The fraction of sp³-hybridized carbons (Fsp3) is 0.316. The van der Waals surface area contributed by atoms with Gasteiger partial charge in [-0.3, -0.25) is 0 Å². The van der Waals surface area contributed by atoms with Crippen LogP contribution in [0.1, 0.15) is 37.0 Å². The molecule has 0 fully saturated rings. The number of hydrogen-bond donors (Lipinski definition) is 0. The first kappa shape index (κ1) is 18.5. The number of aryl methyl sites for hydroxylation is 1. The van der Waals surface area contributed by atoms with Gasteiger partial charge in [-0.2, -0.15) is 9.78 Å². The van der Waals surface area contributed by atoms with Gasteiger partial charge in [0.05, 0.1) is 24.4 Å². The lowest BCUT2D eigenvalue weighted by atomic mass is 10.00. The average molecular weight is 368 g/mol. The maximum atomic E-state index is 12.4. The zero-order chi connectivity index (χ0) is 19.8. The van der Waals surface area contributed by atoms with Crippen molar-refractivity contribution in [2.45, 2.75) is 33.3 Å². The molecule has 0 saturated carbocycles. The minimum atomic E-state index is -0.667. The third-order valence-electron chi connectivity index (χ3n) is 3.77. The molecule has 8 nitrogen and oxygen atoms in total. The van der Waals surface area contributed by atoms with Crippen molar-refractivity contribution >= 4 is 23.0 Å². The molecule has 0 aliphatic carbocycles. The molecule has 0 saturated heterocycles. The predicted octanol–water partition coefficient (Wildman–Crippen LogP) is 3.37. The van der Waals surface area contributed by atoms with Crippen molar-refractivity contribution in [3.63, 3.8) is 0 Å². The quantitative estimate of drug-likeness (QED) is 0.640. The number of ether oxygens (including phenoxy) is 2. The van der Waals surface area contributed by atoms with Gasteiger partial charge in [0.1, 0.15) is 11.4 Å². The maximum Gasteiger partial charge on any atom is 0.435 e. The standard InChI is InChI=1S/C19H20N4O4/c1-11-20-8-13(9-21-11)14-6-12-10-22-23(18(25)27-19(2,3)4)16(12)7-15(14)17(24)26-5/h6-10H,1-5H3. The van der Waals surface area contributed by atoms with Gasteiger partial charge in [0, 0.05) is 28.9 Å². The fourth-order valence-electron chi connectivity index (χ4n) is 2.57. The molecule has 0 amide bonds. The van der Waals surface area contributed by atoms with Crippen LogP contribution >= 0.6 is 0 Å². The zero-order valence-corrected chi connectivity index (χ0v) is 15.8. The first-order valence-electron chi connectivity index (χ1n) is 8.32. The van der Waals surface area contributed by atoms with E-state index in [1.165, 1.54) is 7.11 Å². The molecule has 0 spiro atoms. The van der Waals surface area contributed by atoms with E-state index in [0.717, 1.165) is 4.68 Å². The van der Waals surface area contributed by atoms with Gasteiger partial charge in [-0.15, -0.1) is 0 Å². The Balaban J connectivity index is 2.17. The molecular formula is C19H20N4O4. The van der Waals surface area contributed by atoms with Crippen molar-refractivity contribution in [2.75, 3.05) is 7.11 Å². The lowest BCUT2D eigenvalue weighted by Crippen LogP contribution is -2.27. The monoisotopic (exact) mass is 368 g/mol. The Kier molecular flexibility index (Phi) is 4.65. The van der Waals surface area contributed by atoms with Gasteiger partial charge >= 0.3 is 12.1 Å². The molecule has 0 N–H and O–H groups in total. The van der Waals surface area contributed by atoms with Gasteiger partial charge in [0.15, 0.2) is 0 Å². The summed E-state index contributed by atoms with van der Waals surface area (Å²) in [7, 11) is 1.30. The minimum absolute atomic E-state index is 0.280. The Bertz CT molecular complexity index is 1020. The molecule has 1 aromatic carbocycles. The van der Waals surface area contributed by atoms with Crippen LogP contribution < -0.4 is 0 Å². The Labute approximate surface area is 156 Å². The number of carbonyl (C=O) groups excluding carboxylic acids is 2. The van der Waals surface area contributed by atoms with Crippen molar-refractivity contribution in [3.8, 4) is 11.1 Å². The van der Waals surface area contributed by atoms with Crippen LogP contribution in [0.3, 0.4) is 0 Å². The van der Waals surface area contributed by atoms with Crippen LogP contribution in [-0.2, 0) is 9.47 Å². The molecule has 140 valence electrons. The number of rotatable bonds is 2. The number of methoxy groups -OCH3 is 1. The van der Waals surface area contributed by atoms with E-state index < -0.39 is 17.7 Å². The highest BCUT2D eigenvalue weighted by atomic mass is 16.6. The molecule has 2 heterocycles. The Morgan fingerprint density at radius 3 is 2.33 bits per heavy atom. The molecule has 8 heteroatoms. The molecular weight excluding hydrogens is 348 g/mol. The summed E-state index contributed by atoms with van der Waals surface area (Å²) in [6, 6.07) is 3.32. The number of hydrogen-bond acceptors (Lipinski definition) is 7. The molecule has 0 aliphatic heterocycles. The molecule has 0 aliphatic rings. The second-order valence-corrected chi connectivity index (χ2v) is 7.00. The van der Waals surface area contributed by atoms with E-state index in [1.54, 1.807) is 58.4 Å². The van der Waals surface area contributed by atoms with Crippen molar-refractivity contribution in [1.82, 2.24) is 19.7 Å². The molecule has 3 rings (SSSR count). The fourth-order valence-corrected chi connectivity index (χ4v) is 2.57. The molecule has 0 unspecified atom stereocenters. The van der Waals surface area contributed by atoms with E-state index in [4.69, 9.17) is 9.47 Å². The summed E-state index contributed by atoms with van der Waals surface area (Å²) < 4.78 is 11.4. The Morgan fingerprint density at radius 2 is 1.74 bits per heavy atom. The summed E-state index contributed by atoms with van der Waals surface area (Å²) in [4.78, 5) is 33.1. The molecule has 3 aromatic rings. The second-order valence-electron chi connectivity index (χ2n) is 7.00. The summed E-state index contributed by atoms with van der Waals surface area (Å²) in [6.07, 6.45) is 4.18. The van der Waals surface area contributed by atoms with E-state index >= 15 is 0 Å². The largest absolute Gasteiger partial charge is 0.465 e. The van der Waals surface area contributed by atoms with Crippen molar-refractivity contribution in [1.29, 1.82) is 0 Å². The summed E-state index contributed by atoms with van der Waals surface area (Å²) in [5.41, 5.74) is 1.31. The van der Waals surface area contributed by atoms with Crippen molar-refractivity contribution < 1.29 is 19.1 Å². The maximum absolute atomic E-state index is 12.4. The van der Waals surface area contributed by atoms with Gasteiger partial charge in [0.2, 0.25) is 0 Å². The van der Waals surface area contributed by atoms with Crippen LogP contribution in [0.4, 0.5) is 4.79 Å². The average Bonchev–Trinajstić information content (AvgIpc) is 3.02. The minimum Gasteiger partial charge on any atom is -0.465 e. The van der Waals surface area contributed by atoms with Crippen molar-refractivity contribution in [2.24, 2.45) is 0 Å². The number of nitrogens with zero attached hydrogens (tertiary/aromatic N) is 4. The van der Waals surface area contributed by atoms with Crippen LogP contribution in [0, 0.1) is 6.92 Å². The topological polar surface area (TPSA) is 96.2 Å². The number of aromatic nitrogens is 4. The first-order chi connectivity index (χ1) is 12.7. The molecule has 2 aromatic heterocycles. The van der Waals surface area contributed by atoms with E-state index in [-0.39, 0.29) is 5.56 Å². The lowest BCUT2D eigenvalue weighted by Gasteiger charge is -2.19. The number of esters is 1. The third kappa shape index (κ3) is 3.79. The summed E-state index contributed by atoms with van der Waals surface area (Å²) in [6.45, 7) is 7.09. The van der Waals surface area contributed by atoms with Gasteiger partial charge < -0.3 is 9.47 Å². The Morgan fingerprint density at radius 1 is 1.07 bits per heavy atom. The van der Waals surface area contributed by atoms with Crippen LogP contribution in [0.2, 0.25) is 0 Å². The van der Waals surface area contributed by atoms with E-state index in [1.807, 2.05) is 0 Å². The van der Waals surface area contributed by atoms with Crippen LogP contribution in [0.25, 0.3) is 22.0 Å². The molecule has 0 atom stereocenters. The number of carbonyl (C=O) groups is 2. The smallest absolute Gasteiger partial charge is 0.435 e. The molecule has 27 heavy (non-hydrogen) atoms. The van der Waals surface area contributed by atoms with Gasteiger partial charge in [-0.1, -0.05) is 0 Å². The third-order valence-corrected chi connectivity index (χ3v) is 3.77. The van der Waals surface area contributed by atoms with Gasteiger partial charge in [-0.25, -0.2) is 19.6 Å². The summed E-state index contributed by atoms with van der Waals surface area (Å²) >= 11 is 0. The first-order valence-corrected chi connectivity index (χ1v) is 8.32. The highest BCUT2D eigenvalue weighted by molar-refractivity contribution is 6.03. The molecule has 0 radical (unpaired) electrons. The Hall–Kier alpha value is -3.29. The van der Waals surface area contributed by atoms with E-state index in [0.29, 0.717) is 27.9 Å².